The Morgan fingerprint density at radius 3 is 1.38 bits per heavy atom. The fourth-order valence-corrected chi connectivity index (χ4v) is 4.50. The Bertz CT molecular complexity index is 905. The van der Waals surface area contributed by atoms with E-state index in [-0.39, 0.29) is 17.0 Å². The summed E-state index contributed by atoms with van der Waals surface area (Å²) in [6.45, 7) is 10.2. The van der Waals surface area contributed by atoms with Gasteiger partial charge >= 0.3 is 0 Å². The van der Waals surface area contributed by atoms with E-state index in [1.54, 1.807) is 12.1 Å². The molecule has 2 aromatic rings. The second kappa shape index (κ2) is 6.89. The Morgan fingerprint density at radius 2 is 1.10 bits per heavy atom. The summed E-state index contributed by atoms with van der Waals surface area (Å²) in [5, 5.41) is 20.3. The van der Waals surface area contributed by atoms with Crippen molar-refractivity contribution in [3.8, 4) is 11.1 Å². The third-order valence-electron chi connectivity index (χ3n) is 6.20. The monoisotopic (exact) mass is 394 g/mol. The molecule has 2 aromatic carbocycles. The van der Waals surface area contributed by atoms with Gasteiger partial charge in [-0.1, -0.05) is 38.1 Å². The molecule has 0 atom stereocenters. The normalized spacial score (nSPS) is 15.0. The minimum Gasteiger partial charge on any atom is -0.382 e. The molecule has 0 saturated carbocycles. The van der Waals surface area contributed by atoms with Crippen LogP contribution in [0.4, 0.5) is 0 Å². The first-order valence-corrected chi connectivity index (χ1v) is 10.2. The Hall–Kier alpha value is -2.30. The van der Waals surface area contributed by atoms with Crippen molar-refractivity contribution in [1.82, 2.24) is 0 Å². The maximum Gasteiger partial charge on any atom is 0.193 e. The molecule has 29 heavy (non-hydrogen) atoms. The molecular weight excluding hydrogens is 364 g/mol. The number of benzene rings is 2. The highest BCUT2D eigenvalue weighted by atomic mass is 16.3. The summed E-state index contributed by atoms with van der Waals surface area (Å²) < 4.78 is 0. The summed E-state index contributed by atoms with van der Waals surface area (Å²) >= 11 is 0. The molecule has 0 heterocycles. The van der Waals surface area contributed by atoms with E-state index >= 15 is 0 Å². The minimum atomic E-state index is -1.44. The van der Waals surface area contributed by atoms with E-state index in [2.05, 4.69) is 13.8 Å². The molecule has 0 bridgehead atoms. The molecule has 1 aliphatic rings. The lowest BCUT2D eigenvalue weighted by molar-refractivity contribution is 0.0487. The number of Topliss-reactive ketones (excluding diaryl/α,β-unsaturated/α-hetero) is 2. The third kappa shape index (κ3) is 3.34. The van der Waals surface area contributed by atoms with Crippen molar-refractivity contribution in [3.63, 3.8) is 0 Å². The van der Waals surface area contributed by atoms with E-state index in [4.69, 9.17) is 0 Å². The summed E-state index contributed by atoms with van der Waals surface area (Å²) in [5.74, 6) is -0.620. The van der Waals surface area contributed by atoms with Crippen LogP contribution in [0.15, 0.2) is 36.4 Å². The smallest absolute Gasteiger partial charge is 0.193 e. The van der Waals surface area contributed by atoms with Crippen molar-refractivity contribution in [2.45, 2.75) is 71.0 Å². The van der Waals surface area contributed by atoms with Gasteiger partial charge < -0.3 is 10.2 Å². The zero-order chi connectivity index (χ0) is 21.8. The van der Waals surface area contributed by atoms with Gasteiger partial charge in [-0.25, -0.2) is 0 Å². The van der Waals surface area contributed by atoms with E-state index in [0.29, 0.717) is 11.1 Å². The lowest BCUT2D eigenvalue weighted by atomic mass is 9.73. The standard InChI is InChI=1S/C25H30O4/c1-7-25(8-2)19-13-15(21(26)23(3,4)28)9-11-17(19)18-12-10-16(14-20(18)25)22(27)24(5,6)29/h9-14,28-29H,7-8H2,1-6H3. The van der Waals surface area contributed by atoms with Crippen molar-refractivity contribution >= 4 is 11.6 Å². The van der Waals surface area contributed by atoms with E-state index in [1.165, 1.54) is 27.7 Å². The first-order chi connectivity index (χ1) is 13.4. The summed E-state index contributed by atoms with van der Waals surface area (Å²) in [7, 11) is 0. The molecule has 0 aromatic heterocycles. The van der Waals surface area contributed by atoms with Gasteiger partial charge in [-0.15, -0.1) is 0 Å². The fraction of sp³-hybridized carbons (Fsp3) is 0.440. The lowest BCUT2D eigenvalue weighted by Crippen LogP contribution is -2.32. The SMILES string of the molecule is CCC1(CC)c2cc(C(=O)C(C)(C)O)ccc2-c2ccc(C(=O)C(C)(C)O)cc21. The number of carbonyl (C=O) groups excluding carboxylic acids is 2. The van der Waals surface area contributed by atoms with Gasteiger partial charge in [0.25, 0.3) is 0 Å². The average Bonchev–Trinajstić information content (AvgIpc) is 2.94. The molecule has 0 saturated heterocycles. The third-order valence-corrected chi connectivity index (χ3v) is 6.20. The molecule has 0 unspecified atom stereocenters. The van der Waals surface area contributed by atoms with Gasteiger partial charge in [-0.2, -0.15) is 0 Å². The topological polar surface area (TPSA) is 74.6 Å². The number of ketones is 2. The van der Waals surface area contributed by atoms with Crippen LogP contribution in [0, 0.1) is 0 Å². The molecular formula is C25H30O4. The van der Waals surface area contributed by atoms with Gasteiger partial charge in [0.1, 0.15) is 11.2 Å². The Balaban J connectivity index is 2.22. The number of hydrogen-bond donors (Lipinski definition) is 2. The first kappa shape index (κ1) is 21.4. The summed E-state index contributed by atoms with van der Waals surface area (Å²) in [6, 6.07) is 11.2. The van der Waals surface area contributed by atoms with Gasteiger partial charge in [0.2, 0.25) is 0 Å². The highest BCUT2D eigenvalue weighted by Gasteiger charge is 2.42. The molecule has 154 valence electrons. The van der Waals surface area contributed by atoms with Crippen LogP contribution in [0.2, 0.25) is 0 Å². The van der Waals surface area contributed by atoms with Crippen molar-refractivity contribution in [1.29, 1.82) is 0 Å². The molecule has 4 heteroatoms. The van der Waals surface area contributed by atoms with Crippen LogP contribution >= 0.6 is 0 Å². The highest BCUT2D eigenvalue weighted by Crippen LogP contribution is 2.53. The average molecular weight is 395 g/mol. The second-order valence-corrected chi connectivity index (χ2v) is 9.09. The van der Waals surface area contributed by atoms with Crippen LogP contribution < -0.4 is 0 Å². The maximum atomic E-state index is 12.7. The van der Waals surface area contributed by atoms with E-state index in [1.807, 2.05) is 24.3 Å². The van der Waals surface area contributed by atoms with Crippen LogP contribution in [0.3, 0.4) is 0 Å². The number of hydrogen-bond acceptors (Lipinski definition) is 4. The largest absolute Gasteiger partial charge is 0.382 e. The molecule has 3 rings (SSSR count). The number of carbonyl (C=O) groups is 2. The Labute approximate surface area is 172 Å². The van der Waals surface area contributed by atoms with Crippen LogP contribution in [0.25, 0.3) is 11.1 Å². The highest BCUT2D eigenvalue weighted by molar-refractivity contribution is 6.04. The van der Waals surface area contributed by atoms with Gasteiger partial charge in [0.05, 0.1) is 0 Å². The van der Waals surface area contributed by atoms with Crippen molar-refractivity contribution in [2.24, 2.45) is 0 Å². The zero-order valence-electron chi connectivity index (χ0n) is 18.1. The maximum absolute atomic E-state index is 12.7. The van der Waals surface area contributed by atoms with E-state index in [9.17, 15) is 19.8 Å². The lowest BCUT2D eigenvalue weighted by Gasteiger charge is -2.30. The van der Waals surface area contributed by atoms with E-state index in [0.717, 1.165) is 35.1 Å². The molecule has 0 fully saturated rings. The van der Waals surface area contributed by atoms with Crippen molar-refractivity contribution in [2.75, 3.05) is 0 Å². The van der Waals surface area contributed by atoms with Crippen molar-refractivity contribution in [3.05, 3.63) is 58.7 Å². The predicted molar refractivity (Wildman–Crippen MR) is 114 cm³/mol. The van der Waals surface area contributed by atoms with Crippen molar-refractivity contribution < 1.29 is 19.8 Å². The second-order valence-electron chi connectivity index (χ2n) is 9.09. The Morgan fingerprint density at radius 1 is 0.759 bits per heavy atom. The summed E-state index contributed by atoms with van der Waals surface area (Å²) in [4.78, 5) is 25.3. The Kier molecular flexibility index (Phi) is 5.09. The van der Waals surface area contributed by atoms with Crippen LogP contribution in [-0.4, -0.2) is 33.0 Å². The van der Waals surface area contributed by atoms with Crippen LogP contribution in [0.1, 0.15) is 86.2 Å². The van der Waals surface area contributed by atoms with Gasteiger partial charge in [0.15, 0.2) is 11.6 Å². The number of rotatable bonds is 6. The molecule has 0 radical (unpaired) electrons. The summed E-state index contributed by atoms with van der Waals surface area (Å²) in [5.41, 5.74) is 2.00. The van der Waals surface area contributed by atoms with Crippen LogP contribution in [-0.2, 0) is 5.41 Å². The molecule has 1 aliphatic carbocycles. The quantitative estimate of drug-likeness (QED) is 0.698. The van der Waals surface area contributed by atoms with E-state index < -0.39 is 11.2 Å². The van der Waals surface area contributed by atoms with Crippen LogP contribution in [0.5, 0.6) is 0 Å². The zero-order valence-corrected chi connectivity index (χ0v) is 18.1. The molecule has 0 spiro atoms. The molecule has 0 aliphatic heterocycles. The number of fused-ring (bicyclic) bond motifs is 3. The van der Waals surface area contributed by atoms with Gasteiger partial charge in [-0.05, 0) is 74.9 Å². The molecule has 4 nitrogen and oxygen atoms in total. The molecule has 0 amide bonds. The first-order valence-electron chi connectivity index (χ1n) is 10.2. The summed E-state index contributed by atoms with van der Waals surface area (Å²) in [6.07, 6.45) is 1.62. The molecule has 2 N–H and O–H groups in total. The minimum absolute atomic E-state index is 0.310. The fourth-order valence-electron chi connectivity index (χ4n) is 4.50. The van der Waals surface area contributed by atoms with Gasteiger partial charge in [0, 0.05) is 16.5 Å². The van der Waals surface area contributed by atoms with Gasteiger partial charge in [-0.3, -0.25) is 9.59 Å². The number of aliphatic hydroxyl groups is 2. The predicted octanol–water partition coefficient (Wildman–Crippen LogP) is 4.68.